The van der Waals surface area contributed by atoms with E-state index in [1.165, 1.54) is 19.3 Å². The molecule has 2 aliphatic rings. The van der Waals surface area contributed by atoms with Crippen molar-refractivity contribution in [1.29, 1.82) is 0 Å². The van der Waals surface area contributed by atoms with Crippen LogP contribution < -0.4 is 0 Å². The SMILES string of the molecule is COC(CC[C@@H]1[C@@H]2C(CC[C@@H]1C)C[C@H](C)C[C@@H]2O)CC(CC(=O)N(C)C)OC. The van der Waals surface area contributed by atoms with Crippen LogP contribution in [-0.4, -0.2) is 62.5 Å². The third-order valence-electron chi connectivity index (χ3n) is 7.47. The molecular formula is C23H43NO4. The molecule has 2 saturated carbocycles. The van der Waals surface area contributed by atoms with Crippen LogP contribution in [0.2, 0.25) is 0 Å². The van der Waals surface area contributed by atoms with Gasteiger partial charge in [-0.25, -0.2) is 0 Å². The molecular weight excluding hydrogens is 354 g/mol. The summed E-state index contributed by atoms with van der Waals surface area (Å²) < 4.78 is 11.3. The second-order valence-electron chi connectivity index (χ2n) is 9.72. The van der Waals surface area contributed by atoms with E-state index in [4.69, 9.17) is 9.47 Å². The van der Waals surface area contributed by atoms with E-state index in [9.17, 15) is 9.90 Å². The van der Waals surface area contributed by atoms with Gasteiger partial charge in [0.2, 0.25) is 5.91 Å². The van der Waals surface area contributed by atoms with Crippen molar-refractivity contribution >= 4 is 5.91 Å². The maximum atomic E-state index is 12.0. The highest BCUT2D eigenvalue weighted by atomic mass is 16.5. The molecule has 0 radical (unpaired) electrons. The van der Waals surface area contributed by atoms with Gasteiger partial charge < -0.3 is 19.5 Å². The highest BCUT2D eigenvalue weighted by Gasteiger charge is 2.44. The van der Waals surface area contributed by atoms with Crippen LogP contribution in [0.5, 0.6) is 0 Å². The smallest absolute Gasteiger partial charge is 0.224 e. The Morgan fingerprint density at radius 1 is 1.11 bits per heavy atom. The normalized spacial score (nSPS) is 35.1. The molecule has 28 heavy (non-hydrogen) atoms. The number of methoxy groups -OCH3 is 2. The summed E-state index contributed by atoms with van der Waals surface area (Å²) in [4.78, 5) is 13.6. The maximum Gasteiger partial charge on any atom is 0.224 e. The van der Waals surface area contributed by atoms with Gasteiger partial charge in [0.15, 0.2) is 0 Å². The van der Waals surface area contributed by atoms with Crippen molar-refractivity contribution in [1.82, 2.24) is 4.90 Å². The Labute approximate surface area is 172 Å². The van der Waals surface area contributed by atoms with E-state index in [1.54, 1.807) is 33.2 Å². The predicted molar refractivity (Wildman–Crippen MR) is 112 cm³/mol. The number of carbonyl (C=O) groups excluding carboxylic acids is 1. The molecule has 2 rings (SSSR count). The highest BCUT2D eigenvalue weighted by molar-refractivity contribution is 5.76. The Kier molecular flexibility index (Phi) is 9.23. The first-order valence-corrected chi connectivity index (χ1v) is 11.2. The number of amides is 1. The molecule has 2 aliphatic carbocycles. The standard InChI is InChI=1S/C23H43NO4/c1-15-11-17-8-7-16(2)20(23(17)21(25)12-15)10-9-18(27-5)13-19(28-6)14-22(26)24(3)4/h15-21,23,25H,7-14H2,1-6H3/t15-,16-,17?,18?,19?,20-,21-,23-/m0/s1. The third-order valence-corrected chi connectivity index (χ3v) is 7.47. The van der Waals surface area contributed by atoms with Crippen molar-refractivity contribution in [3.63, 3.8) is 0 Å². The molecule has 1 N–H and O–H groups in total. The number of aliphatic hydroxyl groups is 1. The first-order chi connectivity index (χ1) is 13.3. The van der Waals surface area contributed by atoms with Crippen molar-refractivity contribution < 1.29 is 19.4 Å². The van der Waals surface area contributed by atoms with E-state index in [1.807, 2.05) is 0 Å². The van der Waals surface area contributed by atoms with Gasteiger partial charge in [-0.15, -0.1) is 0 Å². The van der Waals surface area contributed by atoms with Crippen molar-refractivity contribution in [3.05, 3.63) is 0 Å². The Balaban J connectivity index is 1.94. The minimum absolute atomic E-state index is 0.0879. The van der Waals surface area contributed by atoms with Crippen molar-refractivity contribution in [2.45, 2.75) is 83.5 Å². The lowest BCUT2D eigenvalue weighted by Gasteiger charge is -2.49. The number of aliphatic hydroxyl groups excluding tert-OH is 1. The topological polar surface area (TPSA) is 59.0 Å². The molecule has 0 saturated heterocycles. The number of hydrogen-bond acceptors (Lipinski definition) is 4. The van der Waals surface area contributed by atoms with Gasteiger partial charge in [-0.2, -0.15) is 0 Å². The average molecular weight is 398 g/mol. The molecule has 1 amide bonds. The fourth-order valence-electron chi connectivity index (χ4n) is 5.79. The molecule has 0 aromatic heterocycles. The van der Waals surface area contributed by atoms with Crippen LogP contribution in [0, 0.1) is 29.6 Å². The zero-order chi connectivity index (χ0) is 20.8. The zero-order valence-electron chi connectivity index (χ0n) is 18.9. The fourth-order valence-corrected chi connectivity index (χ4v) is 5.79. The molecule has 0 heterocycles. The predicted octanol–water partition coefficient (Wildman–Crippen LogP) is 3.73. The van der Waals surface area contributed by atoms with Crippen LogP contribution in [0.15, 0.2) is 0 Å². The summed E-state index contributed by atoms with van der Waals surface area (Å²) in [6, 6.07) is 0. The first kappa shape index (κ1) is 23.6. The Hall–Kier alpha value is -0.650. The van der Waals surface area contributed by atoms with E-state index >= 15 is 0 Å². The lowest BCUT2D eigenvalue weighted by molar-refractivity contribution is -0.131. The summed E-state index contributed by atoms with van der Waals surface area (Å²) in [5.41, 5.74) is 0. The largest absolute Gasteiger partial charge is 0.393 e. The van der Waals surface area contributed by atoms with Crippen LogP contribution in [0.4, 0.5) is 0 Å². The number of fused-ring (bicyclic) bond motifs is 1. The number of nitrogens with zero attached hydrogens (tertiary/aromatic N) is 1. The van der Waals surface area contributed by atoms with Crippen LogP contribution >= 0.6 is 0 Å². The van der Waals surface area contributed by atoms with Gasteiger partial charge in [-0.05, 0) is 61.7 Å². The summed E-state index contributed by atoms with van der Waals surface area (Å²) in [7, 11) is 6.99. The maximum absolute atomic E-state index is 12.0. The van der Waals surface area contributed by atoms with Gasteiger partial charge in [0, 0.05) is 34.7 Å². The molecule has 0 bridgehead atoms. The van der Waals surface area contributed by atoms with E-state index in [2.05, 4.69) is 13.8 Å². The Morgan fingerprint density at radius 2 is 1.79 bits per heavy atom. The third kappa shape index (κ3) is 6.17. The Morgan fingerprint density at radius 3 is 2.39 bits per heavy atom. The van der Waals surface area contributed by atoms with Crippen molar-refractivity contribution in [3.8, 4) is 0 Å². The lowest BCUT2D eigenvalue weighted by Crippen LogP contribution is -2.45. The Bertz CT molecular complexity index is 483. The second kappa shape index (κ2) is 10.9. The van der Waals surface area contributed by atoms with Crippen LogP contribution in [0.1, 0.15) is 65.2 Å². The van der Waals surface area contributed by atoms with Crippen LogP contribution in [0.3, 0.4) is 0 Å². The monoisotopic (exact) mass is 397 g/mol. The molecule has 2 fully saturated rings. The summed E-state index contributed by atoms with van der Waals surface area (Å²) >= 11 is 0. The van der Waals surface area contributed by atoms with E-state index in [-0.39, 0.29) is 24.2 Å². The van der Waals surface area contributed by atoms with Gasteiger partial charge in [0.1, 0.15) is 0 Å². The van der Waals surface area contributed by atoms with Crippen molar-refractivity contribution in [2.75, 3.05) is 28.3 Å². The van der Waals surface area contributed by atoms with Gasteiger partial charge in [0.05, 0.1) is 24.7 Å². The van der Waals surface area contributed by atoms with E-state index in [0.29, 0.717) is 36.0 Å². The minimum Gasteiger partial charge on any atom is -0.393 e. The minimum atomic E-state index is -0.146. The van der Waals surface area contributed by atoms with Gasteiger partial charge in [-0.1, -0.05) is 20.3 Å². The molecule has 0 aromatic rings. The van der Waals surface area contributed by atoms with Crippen molar-refractivity contribution in [2.24, 2.45) is 29.6 Å². The van der Waals surface area contributed by atoms with Crippen LogP contribution in [-0.2, 0) is 14.3 Å². The highest BCUT2D eigenvalue weighted by Crippen LogP contribution is 2.49. The zero-order valence-corrected chi connectivity index (χ0v) is 18.9. The summed E-state index contributed by atoms with van der Waals surface area (Å²) in [6.07, 6.45) is 7.80. The van der Waals surface area contributed by atoms with Gasteiger partial charge in [-0.3, -0.25) is 4.79 Å². The molecule has 164 valence electrons. The lowest BCUT2D eigenvalue weighted by atomic mass is 9.58. The molecule has 0 spiro atoms. The number of ether oxygens (including phenoxy) is 2. The summed E-state index contributed by atoms with van der Waals surface area (Å²) in [5.74, 6) is 3.11. The second-order valence-corrected chi connectivity index (χ2v) is 9.72. The number of hydrogen-bond donors (Lipinski definition) is 1. The summed E-state index contributed by atoms with van der Waals surface area (Å²) in [6.45, 7) is 4.65. The quantitative estimate of drug-likeness (QED) is 0.644. The van der Waals surface area contributed by atoms with Gasteiger partial charge >= 0.3 is 0 Å². The molecule has 3 unspecified atom stereocenters. The molecule has 8 atom stereocenters. The molecule has 0 aliphatic heterocycles. The molecule has 5 nitrogen and oxygen atoms in total. The van der Waals surface area contributed by atoms with E-state index < -0.39 is 0 Å². The number of carbonyl (C=O) groups is 1. The summed E-state index contributed by atoms with van der Waals surface area (Å²) in [5, 5.41) is 10.8. The average Bonchev–Trinajstić information content (AvgIpc) is 2.64. The molecule has 5 heteroatoms. The van der Waals surface area contributed by atoms with E-state index in [0.717, 1.165) is 25.7 Å². The van der Waals surface area contributed by atoms with Crippen LogP contribution in [0.25, 0.3) is 0 Å². The van der Waals surface area contributed by atoms with Gasteiger partial charge in [0.25, 0.3) is 0 Å². The number of rotatable bonds is 9. The first-order valence-electron chi connectivity index (χ1n) is 11.2. The fraction of sp³-hybridized carbons (Fsp3) is 0.957. The molecule has 0 aromatic carbocycles.